The fourth-order valence-corrected chi connectivity index (χ4v) is 5.23. The molecular formula is C24H24F7NO2. The molecule has 4 rings (SSSR count). The molecule has 2 N–H and O–H groups in total. The zero-order chi connectivity index (χ0) is 24.7. The van der Waals surface area contributed by atoms with Crippen molar-refractivity contribution in [3.8, 4) is 0 Å². The van der Waals surface area contributed by atoms with Crippen molar-refractivity contribution in [2.45, 2.75) is 43.3 Å². The maximum Gasteiger partial charge on any atom is 0.416 e. The molecule has 2 aromatic rings. The molecule has 5 atom stereocenters. The molecule has 1 aliphatic heterocycles. The van der Waals surface area contributed by atoms with Gasteiger partial charge in [0.25, 0.3) is 0 Å². The van der Waals surface area contributed by atoms with Crippen molar-refractivity contribution in [3.63, 3.8) is 0 Å². The van der Waals surface area contributed by atoms with E-state index in [1.165, 1.54) is 12.1 Å². The SMILES string of the molecule is OC[C@@H](O[C@H]1CC[C@@H]2CNC[C@H]2[C@@H]1c1ccc(F)cc1)c1cc(C(F)(F)F)cc(C(F)(F)F)c1. The van der Waals surface area contributed by atoms with Crippen molar-refractivity contribution >= 4 is 0 Å². The van der Waals surface area contributed by atoms with E-state index in [9.17, 15) is 35.8 Å². The molecule has 0 bridgehead atoms. The van der Waals surface area contributed by atoms with Gasteiger partial charge in [0.05, 0.1) is 23.8 Å². The molecule has 3 nitrogen and oxygen atoms in total. The van der Waals surface area contributed by atoms with E-state index in [-0.39, 0.29) is 17.9 Å². The summed E-state index contributed by atoms with van der Waals surface area (Å²) < 4.78 is 99.5. The second-order valence-electron chi connectivity index (χ2n) is 8.92. The van der Waals surface area contributed by atoms with Crippen LogP contribution in [-0.4, -0.2) is 30.9 Å². The van der Waals surface area contributed by atoms with Crippen molar-refractivity contribution in [1.82, 2.24) is 5.32 Å². The van der Waals surface area contributed by atoms with Gasteiger partial charge in [0.15, 0.2) is 0 Å². The van der Waals surface area contributed by atoms with E-state index >= 15 is 0 Å². The number of rotatable bonds is 5. The number of ether oxygens (including phenoxy) is 1. The zero-order valence-corrected chi connectivity index (χ0v) is 18.0. The molecule has 1 aliphatic carbocycles. The van der Waals surface area contributed by atoms with Gasteiger partial charge in [0, 0.05) is 5.92 Å². The number of alkyl halides is 6. The minimum absolute atomic E-state index is 0.0503. The van der Waals surface area contributed by atoms with Crippen LogP contribution < -0.4 is 5.32 Å². The van der Waals surface area contributed by atoms with Crippen LogP contribution in [0.15, 0.2) is 42.5 Å². The lowest BCUT2D eigenvalue weighted by atomic mass is 9.69. The van der Waals surface area contributed by atoms with Crippen LogP contribution in [0.2, 0.25) is 0 Å². The summed E-state index contributed by atoms with van der Waals surface area (Å²) in [4.78, 5) is 0. The Kier molecular flexibility index (Phi) is 6.94. The third kappa shape index (κ3) is 5.23. The van der Waals surface area contributed by atoms with E-state index in [4.69, 9.17) is 4.74 Å². The Labute approximate surface area is 191 Å². The number of benzene rings is 2. The van der Waals surface area contributed by atoms with E-state index in [0.29, 0.717) is 31.0 Å². The monoisotopic (exact) mass is 491 g/mol. The van der Waals surface area contributed by atoms with Gasteiger partial charge in [-0.2, -0.15) is 26.3 Å². The molecule has 0 spiro atoms. The van der Waals surface area contributed by atoms with Crippen LogP contribution in [-0.2, 0) is 17.1 Å². The van der Waals surface area contributed by atoms with E-state index in [1.54, 1.807) is 12.1 Å². The maximum atomic E-state index is 13.5. The first-order valence-electron chi connectivity index (χ1n) is 11.0. The summed E-state index contributed by atoms with van der Waals surface area (Å²) in [5.74, 6) is -0.241. The minimum atomic E-state index is -5.00. The lowest BCUT2D eigenvalue weighted by Crippen LogP contribution is -2.38. The number of aliphatic hydroxyl groups excluding tert-OH is 1. The van der Waals surface area contributed by atoms with Gasteiger partial charge in [-0.1, -0.05) is 12.1 Å². The van der Waals surface area contributed by atoms with Gasteiger partial charge < -0.3 is 15.2 Å². The molecule has 0 amide bonds. The standard InChI is InChI=1S/C24H24F7NO2/c25-18-4-1-13(2-5-18)22-19-11-32-10-14(19)3-6-20(22)34-21(12-33)15-7-16(23(26,27)28)9-17(8-15)24(29,30)31/h1-2,4-5,7-9,14,19-22,32-33H,3,6,10-12H2/t14-,19-,20+,21-,22+/m1/s1. The van der Waals surface area contributed by atoms with Crippen LogP contribution in [0.3, 0.4) is 0 Å². The molecule has 10 heteroatoms. The molecular weight excluding hydrogens is 467 g/mol. The largest absolute Gasteiger partial charge is 0.416 e. The first kappa shape index (κ1) is 24.9. The molecule has 1 heterocycles. The van der Waals surface area contributed by atoms with E-state index in [0.717, 1.165) is 18.5 Å². The lowest BCUT2D eigenvalue weighted by molar-refractivity contribution is -0.143. The van der Waals surface area contributed by atoms with Crippen LogP contribution in [0.25, 0.3) is 0 Å². The quantitative estimate of drug-likeness (QED) is 0.528. The number of hydrogen-bond acceptors (Lipinski definition) is 3. The molecule has 2 fully saturated rings. The molecule has 0 unspecified atom stereocenters. The molecule has 2 aromatic carbocycles. The van der Waals surface area contributed by atoms with Crippen LogP contribution in [0.4, 0.5) is 30.7 Å². The Morgan fingerprint density at radius 2 is 1.53 bits per heavy atom. The molecule has 1 saturated carbocycles. The molecule has 2 aliphatic rings. The Balaban J connectivity index is 1.68. The highest BCUT2D eigenvalue weighted by atomic mass is 19.4. The fourth-order valence-electron chi connectivity index (χ4n) is 5.23. The summed E-state index contributed by atoms with van der Waals surface area (Å²) in [7, 11) is 0. The Hall–Kier alpha value is -2.17. The van der Waals surface area contributed by atoms with E-state index in [1.807, 2.05) is 0 Å². The summed E-state index contributed by atoms with van der Waals surface area (Å²) in [6.07, 6.45) is -10.7. The van der Waals surface area contributed by atoms with Gasteiger partial charge in [0.2, 0.25) is 0 Å². The van der Waals surface area contributed by atoms with Gasteiger partial charge in [-0.05, 0) is 79.2 Å². The number of nitrogens with one attached hydrogen (secondary N) is 1. The van der Waals surface area contributed by atoms with E-state index < -0.39 is 53.7 Å². The predicted octanol–water partition coefficient (Wildman–Crippen LogP) is 5.70. The Morgan fingerprint density at radius 1 is 0.912 bits per heavy atom. The lowest BCUT2D eigenvalue weighted by Gasteiger charge is -2.41. The van der Waals surface area contributed by atoms with E-state index in [2.05, 4.69) is 5.32 Å². The molecule has 0 aromatic heterocycles. The summed E-state index contributed by atoms with van der Waals surface area (Å²) >= 11 is 0. The smallest absolute Gasteiger partial charge is 0.393 e. The van der Waals surface area contributed by atoms with Gasteiger partial charge in [0.1, 0.15) is 11.9 Å². The average molecular weight is 491 g/mol. The minimum Gasteiger partial charge on any atom is -0.393 e. The molecule has 1 saturated heterocycles. The van der Waals surface area contributed by atoms with Gasteiger partial charge in [-0.15, -0.1) is 0 Å². The van der Waals surface area contributed by atoms with Crippen LogP contribution >= 0.6 is 0 Å². The number of hydrogen-bond donors (Lipinski definition) is 2. The summed E-state index contributed by atoms with van der Waals surface area (Å²) in [5.41, 5.74) is -2.54. The van der Waals surface area contributed by atoms with Crippen molar-refractivity contribution < 1.29 is 40.6 Å². The third-order valence-corrected chi connectivity index (χ3v) is 6.82. The molecule has 34 heavy (non-hydrogen) atoms. The third-order valence-electron chi connectivity index (χ3n) is 6.82. The average Bonchev–Trinajstić information content (AvgIpc) is 3.25. The van der Waals surface area contributed by atoms with Crippen LogP contribution in [0, 0.1) is 17.7 Å². The number of aliphatic hydroxyl groups is 1. The van der Waals surface area contributed by atoms with Crippen molar-refractivity contribution in [2.75, 3.05) is 19.7 Å². The normalized spacial score (nSPS) is 26.4. The van der Waals surface area contributed by atoms with Crippen molar-refractivity contribution in [1.29, 1.82) is 0 Å². The highest BCUT2D eigenvalue weighted by Crippen LogP contribution is 2.46. The Morgan fingerprint density at radius 3 is 2.09 bits per heavy atom. The number of halogens is 7. The number of fused-ring (bicyclic) bond motifs is 1. The first-order valence-corrected chi connectivity index (χ1v) is 11.0. The second-order valence-corrected chi connectivity index (χ2v) is 8.92. The van der Waals surface area contributed by atoms with Crippen molar-refractivity contribution in [2.24, 2.45) is 11.8 Å². The van der Waals surface area contributed by atoms with Gasteiger partial charge >= 0.3 is 12.4 Å². The fraction of sp³-hybridized carbons (Fsp3) is 0.500. The topological polar surface area (TPSA) is 41.5 Å². The maximum absolute atomic E-state index is 13.5. The summed E-state index contributed by atoms with van der Waals surface area (Å²) in [6.45, 7) is 0.664. The van der Waals surface area contributed by atoms with Gasteiger partial charge in [-0.25, -0.2) is 4.39 Å². The van der Waals surface area contributed by atoms with Crippen LogP contribution in [0.5, 0.6) is 0 Å². The van der Waals surface area contributed by atoms with Crippen LogP contribution in [0.1, 0.15) is 47.1 Å². The predicted molar refractivity (Wildman–Crippen MR) is 109 cm³/mol. The molecule has 186 valence electrons. The second kappa shape index (κ2) is 9.47. The molecule has 0 radical (unpaired) electrons. The first-order chi connectivity index (χ1) is 16.0. The summed E-state index contributed by atoms with van der Waals surface area (Å²) in [6, 6.07) is 7.09. The van der Waals surface area contributed by atoms with Crippen molar-refractivity contribution in [3.05, 3.63) is 70.5 Å². The summed E-state index contributed by atoms with van der Waals surface area (Å²) in [5, 5.41) is 13.2. The zero-order valence-electron chi connectivity index (χ0n) is 18.0. The van der Waals surface area contributed by atoms with Gasteiger partial charge in [-0.3, -0.25) is 0 Å². The highest BCUT2D eigenvalue weighted by molar-refractivity contribution is 5.35. The highest BCUT2D eigenvalue weighted by Gasteiger charge is 2.44. The Bertz CT molecular complexity index is 958.